The molecule has 0 unspecified atom stereocenters. The molecule has 0 aliphatic carbocycles. The highest BCUT2D eigenvalue weighted by Gasteiger charge is 2.25. The Morgan fingerprint density at radius 2 is 1.85 bits per heavy atom. The fourth-order valence-electron chi connectivity index (χ4n) is 3.37. The van der Waals surface area contributed by atoms with E-state index in [4.69, 9.17) is 0 Å². The lowest BCUT2D eigenvalue weighted by Crippen LogP contribution is -2.48. The van der Waals surface area contributed by atoms with E-state index >= 15 is 0 Å². The number of fused-ring (bicyclic) bond motifs is 1. The van der Waals surface area contributed by atoms with E-state index in [1.165, 1.54) is 6.07 Å². The zero-order chi connectivity index (χ0) is 18.3. The summed E-state index contributed by atoms with van der Waals surface area (Å²) in [5.74, 6) is -0.127. The second-order valence-electron chi connectivity index (χ2n) is 6.96. The molecule has 0 bridgehead atoms. The predicted molar refractivity (Wildman–Crippen MR) is 105 cm³/mol. The van der Waals surface area contributed by atoms with E-state index in [9.17, 15) is 9.18 Å². The van der Waals surface area contributed by atoms with E-state index in [0.717, 1.165) is 15.0 Å². The molecule has 3 heterocycles. The summed E-state index contributed by atoms with van der Waals surface area (Å²) in [5.41, 5.74) is 0.618. The molecule has 0 N–H and O–H groups in total. The summed E-state index contributed by atoms with van der Waals surface area (Å²) < 4.78 is 17.3. The fourth-order valence-corrected chi connectivity index (χ4v) is 4.42. The summed E-state index contributed by atoms with van der Waals surface area (Å²) in [6.07, 6.45) is 4.21. The van der Waals surface area contributed by atoms with Gasteiger partial charge in [-0.15, -0.1) is 11.3 Å². The van der Waals surface area contributed by atoms with Crippen LogP contribution >= 0.6 is 11.3 Å². The molecular weight excluding hydrogens is 349 g/mol. The summed E-state index contributed by atoms with van der Waals surface area (Å²) in [7, 11) is 0. The van der Waals surface area contributed by atoms with Crippen LogP contribution in [-0.4, -0.2) is 41.6 Å². The molecule has 4 nitrogen and oxygen atoms in total. The maximum Gasteiger partial charge on any atom is 0.264 e. The van der Waals surface area contributed by atoms with Crippen LogP contribution in [0.15, 0.2) is 42.7 Å². The Labute approximate surface area is 156 Å². The maximum absolute atomic E-state index is 13.9. The second-order valence-corrected chi connectivity index (χ2v) is 8.04. The third-order valence-corrected chi connectivity index (χ3v) is 5.99. The Morgan fingerprint density at radius 1 is 1.12 bits per heavy atom. The van der Waals surface area contributed by atoms with Crippen molar-refractivity contribution in [2.45, 2.75) is 19.9 Å². The number of amides is 1. The molecule has 0 saturated carbocycles. The Hall–Kier alpha value is -2.34. The topological polar surface area (TPSA) is 28.5 Å². The van der Waals surface area contributed by atoms with Crippen molar-refractivity contribution in [3.63, 3.8) is 0 Å². The summed E-state index contributed by atoms with van der Waals surface area (Å²) in [6.45, 7) is 6.81. The number of rotatable bonds is 3. The Bertz CT molecular complexity index is 906. The number of benzene rings is 1. The van der Waals surface area contributed by atoms with Crippen LogP contribution in [-0.2, 0) is 0 Å². The highest BCUT2D eigenvalue weighted by Crippen LogP contribution is 2.29. The first-order valence-electron chi connectivity index (χ1n) is 8.92. The molecular formula is C20H22FN3OS. The van der Waals surface area contributed by atoms with Crippen molar-refractivity contribution in [2.75, 3.05) is 31.1 Å². The van der Waals surface area contributed by atoms with Crippen LogP contribution in [0.3, 0.4) is 0 Å². The van der Waals surface area contributed by atoms with Crippen LogP contribution in [0.4, 0.5) is 10.1 Å². The number of aromatic nitrogens is 1. The van der Waals surface area contributed by atoms with Gasteiger partial charge < -0.3 is 14.4 Å². The van der Waals surface area contributed by atoms with E-state index in [1.54, 1.807) is 23.5 Å². The summed E-state index contributed by atoms with van der Waals surface area (Å²) >= 11 is 1.55. The van der Waals surface area contributed by atoms with Crippen molar-refractivity contribution >= 4 is 33.0 Å². The van der Waals surface area contributed by atoms with Gasteiger partial charge in [0.2, 0.25) is 0 Å². The van der Waals surface area contributed by atoms with Gasteiger partial charge in [0.15, 0.2) is 0 Å². The number of carbonyl (C=O) groups is 1. The molecule has 1 fully saturated rings. The molecule has 1 aliphatic rings. The monoisotopic (exact) mass is 371 g/mol. The van der Waals surface area contributed by atoms with Gasteiger partial charge in [0.25, 0.3) is 5.91 Å². The van der Waals surface area contributed by atoms with Crippen molar-refractivity contribution in [2.24, 2.45) is 0 Å². The highest BCUT2D eigenvalue weighted by molar-refractivity contribution is 7.20. The molecule has 136 valence electrons. The normalized spacial score (nSPS) is 15.2. The van der Waals surface area contributed by atoms with Crippen LogP contribution in [0.2, 0.25) is 0 Å². The third kappa shape index (κ3) is 3.09. The van der Waals surface area contributed by atoms with Gasteiger partial charge >= 0.3 is 0 Å². The Balaban J connectivity index is 1.45. The number of halogens is 1. The number of nitrogens with zero attached hydrogens (tertiary/aromatic N) is 3. The van der Waals surface area contributed by atoms with Gasteiger partial charge in [-0.25, -0.2) is 4.39 Å². The third-order valence-electron chi connectivity index (χ3n) is 4.91. The zero-order valence-corrected chi connectivity index (χ0v) is 15.8. The van der Waals surface area contributed by atoms with E-state index < -0.39 is 0 Å². The van der Waals surface area contributed by atoms with Gasteiger partial charge in [-0.05, 0) is 32.0 Å². The lowest BCUT2D eigenvalue weighted by molar-refractivity contribution is 0.0751. The Morgan fingerprint density at radius 3 is 2.50 bits per heavy atom. The molecule has 26 heavy (non-hydrogen) atoms. The van der Waals surface area contributed by atoms with E-state index in [-0.39, 0.29) is 11.7 Å². The number of carbonyl (C=O) groups excluding carboxylic acids is 1. The van der Waals surface area contributed by atoms with Crippen LogP contribution < -0.4 is 4.90 Å². The number of hydrogen-bond acceptors (Lipinski definition) is 3. The zero-order valence-electron chi connectivity index (χ0n) is 15.0. The first kappa shape index (κ1) is 17.1. The summed E-state index contributed by atoms with van der Waals surface area (Å²) in [4.78, 5) is 17.5. The molecule has 4 rings (SSSR count). The summed E-state index contributed by atoms with van der Waals surface area (Å²) in [5, 5.41) is 1.12. The molecule has 1 amide bonds. The lowest BCUT2D eigenvalue weighted by atomic mass is 10.2. The average molecular weight is 371 g/mol. The number of hydrogen-bond donors (Lipinski definition) is 0. The summed E-state index contributed by atoms with van der Waals surface area (Å²) in [6, 6.07) is 9.22. The van der Waals surface area contributed by atoms with Gasteiger partial charge in [0, 0.05) is 50.0 Å². The van der Waals surface area contributed by atoms with Gasteiger partial charge in [0.1, 0.15) is 5.82 Å². The van der Waals surface area contributed by atoms with Crippen molar-refractivity contribution < 1.29 is 9.18 Å². The quantitative estimate of drug-likeness (QED) is 0.683. The van der Waals surface area contributed by atoms with Crippen molar-refractivity contribution in [3.05, 3.63) is 53.4 Å². The van der Waals surface area contributed by atoms with Crippen LogP contribution in [0.5, 0.6) is 0 Å². The number of anilines is 1. The number of thiophene rings is 1. The van der Waals surface area contributed by atoms with Crippen LogP contribution in [0.25, 0.3) is 10.1 Å². The predicted octanol–water partition coefficient (Wildman–Crippen LogP) is 4.39. The molecule has 0 atom stereocenters. The number of piperazine rings is 1. The molecule has 2 aromatic heterocycles. The molecule has 1 aromatic carbocycles. The van der Waals surface area contributed by atoms with Gasteiger partial charge in [-0.2, -0.15) is 0 Å². The average Bonchev–Trinajstić information content (AvgIpc) is 3.21. The standard InChI is InChI=1S/C20H22FN3OS/c1-14(2)24-12-15-11-18(26-19(15)13-24)20(25)23-9-7-22(8-10-23)17-6-4-3-5-16(17)21/h3-6,11-14H,7-10H2,1-2H3. The molecule has 6 heteroatoms. The SMILES string of the molecule is CC(C)n1cc2cc(C(=O)N3CCN(c4ccccc4F)CC3)sc2c1. The van der Waals surface area contributed by atoms with Gasteiger partial charge in [-0.3, -0.25) is 4.79 Å². The molecule has 3 aromatic rings. The maximum atomic E-state index is 13.9. The fraction of sp³-hybridized carbons (Fsp3) is 0.350. The molecule has 0 spiro atoms. The van der Waals surface area contributed by atoms with Crippen LogP contribution in [0.1, 0.15) is 29.6 Å². The first-order valence-corrected chi connectivity index (χ1v) is 9.74. The van der Waals surface area contributed by atoms with E-state index in [1.807, 2.05) is 21.9 Å². The molecule has 1 aliphatic heterocycles. The minimum atomic E-state index is -0.206. The van der Waals surface area contributed by atoms with E-state index in [0.29, 0.717) is 37.9 Å². The van der Waals surface area contributed by atoms with Crippen molar-refractivity contribution in [1.29, 1.82) is 0 Å². The molecule has 0 radical (unpaired) electrons. The second kappa shape index (κ2) is 6.76. The minimum absolute atomic E-state index is 0.0791. The Kier molecular flexibility index (Phi) is 4.44. The first-order chi connectivity index (χ1) is 12.5. The largest absolute Gasteiger partial charge is 0.366 e. The van der Waals surface area contributed by atoms with E-state index in [2.05, 4.69) is 30.8 Å². The smallest absolute Gasteiger partial charge is 0.264 e. The van der Waals surface area contributed by atoms with Crippen LogP contribution in [0, 0.1) is 5.82 Å². The van der Waals surface area contributed by atoms with Crippen molar-refractivity contribution in [1.82, 2.24) is 9.47 Å². The highest BCUT2D eigenvalue weighted by atomic mass is 32.1. The van der Waals surface area contributed by atoms with Gasteiger partial charge in [0.05, 0.1) is 15.3 Å². The molecule has 1 saturated heterocycles. The number of para-hydroxylation sites is 1. The van der Waals surface area contributed by atoms with Crippen molar-refractivity contribution in [3.8, 4) is 0 Å². The van der Waals surface area contributed by atoms with Gasteiger partial charge in [-0.1, -0.05) is 12.1 Å². The lowest BCUT2D eigenvalue weighted by Gasteiger charge is -2.36. The minimum Gasteiger partial charge on any atom is -0.366 e.